The van der Waals surface area contributed by atoms with Crippen LogP contribution in [0.15, 0.2) is 285 Å². The number of aromatic nitrogens is 4. The summed E-state index contributed by atoms with van der Waals surface area (Å²) < 4.78 is 12.8. The van der Waals surface area contributed by atoms with Gasteiger partial charge in [-0.25, -0.2) is 19.9 Å². The predicted octanol–water partition coefficient (Wildman–Crippen LogP) is 19.2. The zero-order valence-corrected chi connectivity index (χ0v) is 47.8. The van der Waals surface area contributed by atoms with E-state index in [1.54, 1.807) is 0 Å². The van der Waals surface area contributed by atoms with Gasteiger partial charge in [-0.15, -0.1) is 0 Å². The van der Waals surface area contributed by atoms with E-state index in [0.717, 1.165) is 99.8 Å². The van der Waals surface area contributed by atoms with E-state index in [2.05, 4.69) is 270 Å². The van der Waals surface area contributed by atoms with Gasteiger partial charge in [0.25, 0.3) is 0 Å². The Morgan fingerprint density at radius 1 is 0.282 bits per heavy atom. The molecule has 14 aromatic rings. The fourth-order valence-electron chi connectivity index (χ4n) is 11.7. The summed E-state index contributed by atoms with van der Waals surface area (Å²) in [5, 5.41) is 6.92. The number of pyridine rings is 2. The number of fused-ring (bicyclic) bond motifs is 6. The van der Waals surface area contributed by atoms with Crippen molar-refractivity contribution >= 4 is 55.9 Å². The molecular weight excluding hydrogens is 1040 g/mol. The monoisotopic (exact) mass is 1090 g/mol. The molecule has 406 valence electrons. The fourth-order valence-corrected chi connectivity index (χ4v) is 11.7. The quantitative estimate of drug-likeness (QED) is 0.106. The summed E-state index contributed by atoms with van der Waals surface area (Å²) in [7, 11) is -0.419. The molecule has 4 heterocycles. The van der Waals surface area contributed by atoms with E-state index in [1.165, 1.54) is 33.0 Å². The number of hydrogen-bond donors (Lipinski definition) is 0. The Morgan fingerprint density at radius 3 is 1.13 bits per heavy atom. The molecule has 0 saturated carbocycles. The van der Waals surface area contributed by atoms with Crippen LogP contribution in [0.5, 0.6) is 0 Å². The van der Waals surface area contributed by atoms with Crippen LogP contribution in [0.25, 0.3) is 133 Å². The summed E-state index contributed by atoms with van der Waals surface area (Å²) in [5.74, 6) is 0.712. The molecule has 1 aliphatic heterocycles. The van der Waals surface area contributed by atoms with Gasteiger partial charge >= 0.3 is 7.12 Å². The first-order chi connectivity index (χ1) is 41.6. The topological polar surface area (TPSA) is 70.0 Å². The Hall–Kier alpha value is -10.2. The van der Waals surface area contributed by atoms with Gasteiger partial charge in [0.2, 0.25) is 0 Å². The third-order valence-electron chi connectivity index (χ3n) is 16.8. The van der Waals surface area contributed by atoms with Gasteiger partial charge < -0.3 is 9.31 Å². The highest BCUT2D eigenvalue weighted by Crippen LogP contribution is 2.43. The largest absolute Gasteiger partial charge is 0.494 e. The van der Waals surface area contributed by atoms with E-state index in [9.17, 15) is 0 Å². The second-order valence-electron chi connectivity index (χ2n) is 22.7. The van der Waals surface area contributed by atoms with Crippen molar-refractivity contribution in [2.75, 3.05) is 0 Å². The van der Waals surface area contributed by atoms with Crippen LogP contribution < -0.4 is 5.46 Å². The van der Waals surface area contributed by atoms with Crippen molar-refractivity contribution in [3.8, 4) is 89.8 Å². The van der Waals surface area contributed by atoms with Crippen LogP contribution in [0.1, 0.15) is 27.7 Å². The predicted molar refractivity (Wildman–Crippen MR) is 353 cm³/mol. The summed E-state index contributed by atoms with van der Waals surface area (Å²) in [6, 6.07) is 99.5. The molecule has 0 bridgehead atoms. The minimum atomic E-state index is -0.419. The summed E-state index contributed by atoms with van der Waals surface area (Å²) in [5.41, 5.74) is 18.3. The van der Waals surface area contributed by atoms with Crippen LogP contribution in [-0.4, -0.2) is 38.3 Å². The van der Waals surface area contributed by atoms with Crippen molar-refractivity contribution in [1.82, 2.24) is 19.9 Å². The standard InChI is InChI=1S/C47H31N3.C31H28BNO2/c1-5-14-33(15-6-1)39-22-13-23-40-45(39)41-30-38(28-29-42(41)48-46(40)36-18-9-3-10-19-36)32-24-26-35(27-25-32)44-31-43(34-16-7-2-8-17-34)49-47(50-44)37-20-11-4-12-21-37;1-30(2)31(3,4)35-32(34-30)23-18-19-27-26(20-23)28-24(21-12-7-5-8-13-21)16-11-17-25(28)29(33-27)22-14-9-6-10-15-22/h1-31H;5-20H,1-4H3. The summed E-state index contributed by atoms with van der Waals surface area (Å²) in [6.07, 6.45) is 0. The number of rotatable bonds is 9. The smallest absolute Gasteiger partial charge is 0.399 e. The first-order valence-corrected chi connectivity index (χ1v) is 29.0. The van der Waals surface area contributed by atoms with Crippen molar-refractivity contribution in [2.24, 2.45) is 0 Å². The third kappa shape index (κ3) is 10.2. The Labute approximate surface area is 496 Å². The average Bonchev–Trinajstić information content (AvgIpc) is 3.85. The highest BCUT2D eigenvalue weighted by molar-refractivity contribution is 6.62. The van der Waals surface area contributed by atoms with Gasteiger partial charge in [0.1, 0.15) is 0 Å². The van der Waals surface area contributed by atoms with Gasteiger partial charge in [0, 0.05) is 60.1 Å². The van der Waals surface area contributed by atoms with E-state index < -0.39 is 7.12 Å². The number of benzene rings is 11. The maximum Gasteiger partial charge on any atom is 0.494 e. The molecule has 85 heavy (non-hydrogen) atoms. The van der Waals surface area contributed by atoms with Crippen molar-refractivity contribution in [1.29, 1.82) is 0 Å². The van der Waals surface area contributed by atoms with Gasteiger partial charge in [0.05, 0.1) is 45.0 Å². The Bertz CT molecular complexity index is 4660. The Kier molecular flexibility index (Phi) is 13.8. The van der Waals surface area contributed by atoms with Crippen LogP contribution in [0.3, 0.4) is 0 Å². The molecule has 15 rings (SSSR count). The minimum Gasteiger partial charge on any atom is -0.399 e. The maximum atomic E-state index is 6.38. The molecule has 3 aromatic heterocycles. The van der Waals surface area contributed by atoms with Crippen LogP contribution >= 0.6 is 0 Å². The van der Waals surface area contributed by atoms with Gasteiger partial charge in [-0.2, -0.15) is 0 Å². The number of nitrogens with zero attached hydrogens (tertiary/aromatic N) is 4. The minimum absolute atomic E-state index is 0.390. The number of hydrogen-bond acceptors (Lipinski definition) is 6. The molecule has 0 radical (unpaired) electrons. The average molecular weight is 1100 g/mol. The molecular formula is C78H59BN4O2. The molecule has 11 aromatic carbocycles. The molecule has 1 fully saturated rings. The molecule has 0 N–H and O–H groups in total. The maximum absolute atomic E-state index is 6.38. The SMILES string of the molecule is CC1(C)OB(c2ccc3nc(-c4ccccc4)c4cccc(-c5ccccc5)c4c3c2)OC1(C)C.c1ccc(-c2cc(-c3ccc(-c4ccc5nc(-c6ccccc6)c6cccc(-c7ccccc7)c6c5c4)cc3)nc(-c3ccccc3)n2)cc1. The molecule has 7 heteroatoms. The van der Waals surface area contributed by atoms with Crippen molar-refractivity contribution < 1.29 is 9.31 Å². The zero-order valence-electron chi connectivity index (χ0n) is 47.8. The first kappa shape index (κ1) is 52.9. The van der Waals surface area contributed by atoms with Crippen molar-refractivity contribution in [2.45, 2.75) is 38.9 Å². The van der Waals surface area contributed by atoms with E-state index in [4.69, 9.17) is 29.2 Å². The second-order valence-corrected chi connectivity index (χ2v) is 22.7. The Morgan fingerprint density at radius 2 is 0.659 bits per heavy atom. The van der Waals surface area contributed by atoms with Gasteiger partial charge in [-0.1, -0.05) is 261 Å². The fraction of sp³-hybridized carbons (Fsp3) is 0.0769. The molecule has 0 unspecified atom stereocenters. The molecule has 0 spiro atoms. The normalized spacial score (nSPS) is 13.5. The van der Waals surface area contributed by atoms with Crippen LogP contribution in [0.4, 0.5) is 0 Å². The van der Waals surface area contributed by atoms with E-state index in [-0.39, 0.29) is 11.2 Å². The van der Waals surface area contributed by atoms with Gasteiger partial charge in [0.15, 0.2) is 5.82 Å². The summed E-state index contributed by atoms with van der Waals surface area (Å²) >= 11 is 0. The highest BCUT2D eigenvalue weighted by atomic mass is 16.7. The lowest BCUT2D eigenvalue weighted by molar-refractivity contribution is 0.00578. The molecule has 0 atom stereocenters. The second kappa shape index (κ2) is 22.2. The highest BCUT2D eigenvalue weighted by Gasteiger charge is 2.51. The Balaban J connectivity index is 0.000000161. The molecule has 1 saturated heterocycles. The third-order valence-corrected chi connectivity index (χ3v) is 16.8. The van der Waals surface area contributed by atoms with Crippen molar-refractivity contribution in [3.63, 3.8) is 0 Å². The molecule has 6 nitrogen and oxygen atoms in total. The van der Waals surface area contributed by atoms with E-state index >= 15 is 0 Å². The molecule has 0 amide bonds. The van der Waals surface area contributed by atoms with Crippen LogP contribution in [0.2, 0.25) is 0 Å². The van der Waals surface area contributed by atoms with Crippen LogP contribution in [0, 0.1) is 0 Å². The van der Waals surface area contributed by atoms with Gasteiger partial charge in [-0.05, 0) is 90.8 Å². The first-order valence-electron chi connectivity index (χ1n) is 29.0. The van der Waals surface area contributed by atoms with E-state index in [1.807, 2.05) is 42.5 Å². The lowest BCUT2D eigenvalue weighted by Gasteiger charge is -2.32. The molecule has 0 aliphatic carbocycles. The van der Waals surface area contributed by atoms with Crippen LogP contribution in [-0.2, 0) is 9.31 Å². The lowest BCUT2D eigenvalue weighted by atomic mass is 9.78. The van der Waals surface area contributed by atoms with Gasteiger partial charge in [-0.3, -0.25) is 0 Å². The lowest BCUT2D eigenvalue weighted by Crippen LogP contribution is -2.41. The van der Waals surface area contributed by atoms with E-state index in [0.29, 0.717) is 5.82 Å². The molecule has 1 aliphatic rings. The zero-order chi connectivity index (χ0) is 57.5. The summed E-state index contributed by atoms with van der Waals surface area (Å²) in [4.78, 5) is 20.4. The van der Waals surface area contributed by atoms with Crippen molar-refractivity contribution in [3.05, 3.63) is 285 Å². The summed E-state index contributed by atoms with van der Waals surface area (Å²) in [6.45, 7) is 8.35.